The minimum atomic E-state index is -1.54. The molecule has 0 aromatic rings. The van der Waals surface area contributed by atoms with E-state index < -0.39 is 8.32 Å². The molecule has 0 aromatic heterocycles. The van der Waals surface area contributed by atoms with Crippen molar-refractivity contribution in [1.29, 1.82) is 0 Å². The van der Waals surface area contributed by atoms with Crippen LogP contribution in [0.2, 0.25) is 19.6 Å². The lowest BCUT2D eigenvalue weighted by molar-refractivity contribution is -0.143. The third-order valence-corrected chi connectivity index (χ3v) is 1.86. The summed E-state index contributed by atoms with van der Waals surface area (Å²) in [5.74, 6) is -0.303. The number of carbonyl (C=O) groups is 1. The van der Waals surface area contributed by atoms with Crippen LogP contribution in [-0.4, -0.2) is 28.0 Å². The van der Waals surface area contributed by atoms with Gasteiger partial charge in [0.15, 0.2) is 8.32 Å². The Morgan fingerprint density at radius 1 is 1.40 bits per heavy atom. The van der Waals surface area contributed by atoms with Crippen molar-refractivity contribution in [3.8, 4) is 0 Å². The first-order valence-corrected chi connectivity index (χ1v) is 6.57. The van der Waals surface area contributed by atoms with Crippen molar-refractivity contribution in [3.63, 3.8) is 0 Å². The van der Waals surface area contributed by atoms with Gasteiger partial charge in [-0.2, -0.15) is 0 Å². The van der Waals surface area contributed by atoms with Gasteiger partial charge < -0.3 is 9.16 Å². The molecule has 0 radical (unpaired) electrons. The highest BCUT2D eigenvalue weighted by Gasteiger charge is 2.15. The zero-order valence-corrected chi connectivity index (χ0v) is 7.93. The Bertz CT molecular complexity index is 117. The predicted octanol–water partition coefficient (Wildman–Crippen LogP) is 1.01. The third kappa shape index (κ3) is 5.78. The van der Waals surface area contributed by atoms with E-state index in [-0.39, 0.29) is 12.6 Å². The molecule has 60 valence electrons. The average molecular weight is 162 g/mol. The van der Waals surface area contributed by atoms with Crippen molar-refractivity contribution in [3.05, 3.63) is 0 Å². The Morgan fingerprint density at radius 2 is 1.90 bits per heavy atom. The molecule has 10 heavy (non-hydrogen) atoms. The van der Waals surface area contributed by atoms with E-state index in [0.717, 1.165) is 0 Å². The molecular formula is C6H14O3Si. The molecule has 0 amide bonds. The fourth-order valence-corrected chi connectivity index (χ4v) is 0.885. The van der Waals surface area contributed by atoms with E-state index in [4.69, 9.17) is 4.43 Å². The van der Waals surface area contributed by atoms with Gasteiger partial charge in [0.05, 0.1) is 7.11 Å². The minimum absolute atomic E-state index is 0.0895. The van der Waals surface area contributed by atoms with Gasteiger partial charge in [-0.05, 0) is 19.6 Å². The largest absolute Gasteiger partial charge is 0.467 e. The van der Waals surface area contributed by atoms with Gasteiger partial charge in [-0.25, -0.2) is 4.79 Å². The number of esters is 1. The summed E-state index contributed by atoms with van der Waals surface area (Å²) in [6, 6.07) is 0. The Balaban J connectivity index is 3.46. The van der Waals surface area contributed by atoms with Gasteiger partial charge in [0.1, 0.15) is 6.61 Å². The molecule has 0 fully saturated rings. The van der Waals surface area contributed by atoms with Crippen LogP contribution in [0.5, 0.6) is 0 Å². The molecule has 0 rings (SSSR count). The normalized spacial score (nSPS) is 11.2. The second kappa shape index (κ2) is 3.73. The molecular weight excluding hydrogens is 148 g/mol. The second-order valence-electron chi connectivity index (χ2n) is 2.98. The van der Waals surface area contributed by atoms with E-state index in [2.05, 4.69) is 4.74 Å². The van der Waals surface area contributed by atoms with E-state index in [0.29, 0.717) is 0 Å². The van der Waals surface area contributed by atoms with E-state index in [1.54, 1.807) is 0 Å². The summed E-state index contributed by atoms with van der Waals surface area (Å²) >= 11 is 0. The summed E-state index contributed by atoms with van der Waals surface area (Å²) in [6.07, 6.45) is 0. The standard InChI is InChI=1S/C6H14O3Si/c1-8-6(7)5-9-10(2,3)4/h5H2,1-4H3. The molecule has 0 saturated carbocycles. The van der Waals surface area contributed by atoms with Crippen LogP contribution in [0, 0.1) is 0 Å². The second-order valence-corrected chi connectivity index (χ2v) is 7.49. The predicted molar refractivity (Wildman–Crippen MR) is 41.3 cm³/mol. The number of methoxy groups -OCH3 is 1. The van der Waals surface area contributed by atoms with Crippen LogP contribution >= 0.6 is 0 Å². The van der Waals surface area contributed by atoms with Gasteiger partial charge in [0.2, 0.25) is 0 Å². The molecule has 0 atom stereocenters. The number of hydrogen-bond donors (Lipinski definition) is 0. The monoisotopic (exact) mass is 162 g/mol. The summed E-state index contributed by atoms with van der Waals surface area (Å²) in [4.78, 5) is 10.5. The topological polar surface area (TPSA) is 35.5 Å². The summed E-state index contributed by atoms with van der Waals surface area (Å²) in [6.45, 7) is 6.16. The molecule has 0 unspecified atom stereocenters. The fraction of sp³-hybridized carbons (Fsp3) is 0.833. The number of rotatable bonds is 3. The van der Waals surface area contributed by atoms with Crippen LogP contribution in [0.1, 0.15) is 0 Å². The molecule has 0 spiro atoms. The Morgan fingerprint density at radius 3 is 2.20 bits per heavy atom. The summed E-state index contributed by atoms with van der Waals surface area (Å²) in [5.41, 5.74) is 0. The molecule has 0 saturated heterocycles. The molecule has 3 nitrogen and oxygen atoms in total. The summed E-state index contributed by atoms with van der Waals surface area (Å²) in [5, 5.41) is 0. The maximum atomic E-state index is 10.5. The highest BCUT2D eigenvalue weighted by Crippen LogP contribution is 2.01. The van der Waals surface area contributed by atoms with Crippen molar-refractivity contribution in [2.75, 3.05) is 13.7 Å². The van der Waals surface area contributed by atoms with Crippen LogP contribution in [0.25, 0.3) is 0 Å². The SMILES string of the molecule is COC(=O)CO[Si](C)(C)C. The van der Waals surface area contributed by atoms with Gasteiger partial charge in [-0.1, -0.05) is 0 Å². The Hall–Kier alpha value is -0.353. The van der Waals surface area contributed by atoms with Gasteiger partial charge in [-0.3, -0.25) is 0 Å². The van der Waals surface area contributed by atoms with Gasteiger partial charge in [0.25, 0.3) is 0 Å². The maximum Gasteiger partial charge on any atom is 0.330 e. The molecule has 0 N–H and O–H groups in total. The lowest BCUT2D eigenvalue weighted by Crippen LogP contribution is -2.28. The first kappa shape index (κ1) is 9.65. The third-order valence-electron chi connectivity index (χ3n) is 0.851. The molecule has 0 bridgehead atoms. The van der Waals surface area contributed by atoms with Crippen LogP contribution in [0.15, 0.2) is 0 Å². The number of ether oxygens (including phenoxy) is 1. The number of hydrogen-bond acceptors (Lipinski definition) is 3. The van der Waals surface area contributed by atoms with Gasteiger partial charge in [-0.15, -0.1) is 0 Å². The van der Waals surface area contributed by atoms with Crippen molar-refractivity contribution in [2.45, 2.75) is 19.6 Å². The van der Waals surface area contributed by atoms with Gasteiger partial charge in [0, 0.05) is 0 Å². The minimum Gasteiger partial charge on any atom is -0.467 e. The lowest BCUT2D eigenvalue weighted by atomic mass is 10.8. The van der Waals surface area contributed by atoms with Crippen molar-refractivity contribution in [2.24, 2.45) is 0 Å². The first-order chi connectivity index (χ1) is 4.45. The van der Waals surface area contributed by atoms with Crippen LogP contribution in [0.4, 0.5) is 0 Å². The van der Waals surface area contributed by atoms with Crippen molar-refractivity contribution < 1.29 is 14.0 Å². The van der Waals surface area contributed by atoms with Gasteiger partial charge >= 0.3 is 5.97 Å². The van der Waals surface area contributed by atoms with Crippen LogP contribution in [0.3, 0.4) is 0 Å². The Kier molecular flexibility index (Phi) is 3.60. The Labute approximate surface area is 62.5 Å². The zero-order chi connectivity index (χ0) is 8.20. The smallest absolute Gasteiger partial charge is 0.330 e. The molecule has 0 aromatic carbocycles. The van der Waals surface area contributed by atoms with E-state index in [9.17, 15) is 4.79 Å². The number of carbonyl (C=O) groups excluding carboxylic acids is 1. The van der Waals surface area contributed by atoms with Crippen LogP contribution < -0.4 is 0 Å². The molecule has 0 aliphatic heterocycles. The van der Waals surface area contributed by atoms with E-state index in [1.165, 1.54) is 7.11 Å². The zero-order valence-electron chi connectivity index (χ0n) is 6.93. The van der Waals surface area contributed by atoms with E-state index in [1.807, 2.05) is 19.6 Å². The quantitative estimate of drug-likeness (QED) is 0.459. The molecule has 0 aliphatic rings. The highest BCUT2D eigenvalue weighted by molar-refractivity contribution is 6.69. The van der Waals surface area contributed by atoms with Crippen molar-refractivity contribution in [1.82, 2.24) is 0 Å². The molecule has 0 aliphatic carbocycles. The summed E-state index contributed by atoms with van der Waals surface area (Å²) < 4.78 is 9.65. The van der Waals surface area contributed by atoms with Crippen LogP contribution in [-0.2, 0) is 14.0 Å². The molecule has 4 heteroatoms. The first-order valence-electron chi connectivity index (χ1n) is 3.16. The van der Waals surface area contributed by atoms with E-state index >= 15 is 0 Å². The highest BCUT2D eigenvalue weighted by atomic mass is 28.4. The average Bonchev–Trinajstić information content (AvgIpc) is 1.81. The molecule has 0 heterocycles. The lowest BCUT2D eigenvalue weighted by Gasteiger charge is -2.15. The maximum absolute atomic E-state index is 10.5. The summed E-state index contributed by atoms with van der Waals surface area (Å²) in [7, 11) is -0.180. The van der Waals surface area contributed by atoms with Crippen molar-refractivity contribution >= 4 is 14.3 Å². The fourth-order valence-electron chi connectivity index (χ4n) is 0.334.